The molecule has 3 nitrogen and oxygen atoms in total. The summed E-state index contributed by atoms with van der Waals surface area (Å²) in [4.78, 5) is 9.01. The standard InChI is InChI=1S/C17H22BrN3/c1-11(2)16-20-14(18)10-15(21-16)19-13-9-7-6-8-12(13)17(3,4)5/h6-11H,1-5H3,(H,19,20,21). The largest absolute Gasteiger partial charge is 0.340 e. The van der Waals surface area contributed by atoms with Gasteiger partial charge in [-0.05, 0) is 33.0 Å². The van der Waals surface area contributed by atoms with E-state index in [0.717, 1.165) is 21.9 Å². The molecule has 0 aliphatic rings. The molecule has 0 aliphatic heterocycles. The van der Waals surface area contributed by atoms with Crippen molar-refractivity contribution in [2.75, 3.05) is 5.32 Å². The summed E-state index contributed by atoms with van der Waals surface area (Å²) in [6.07, 6.45) is 0. The number of nitrogens with zero attached hydrogens (tertiary/aromatic N) is 2. The third kappa shape index (κ3) is 4.03. The molecule has 1 heterocycles. The van der Waals surface area contributed by atoms with Crippen molar-refractivity contribution in [1.29, 1.82) is 0 Å². The number of hydrogen-bond acceptors (Lipinski definition) is 3. The third-order valence-electron chi connectivity index (χ3n) is 3.23. The first-order valence-electron chi connectivity index (χ1n) is 7.18. The van der Waals surface area contributed by atoms with Crippen LogP contribution in [0.4, 0.5) is 11.5 Å². The van der Waals surface area contributed by atoms with Crippen LogP contribution < -0.4 is 5.32 Å². The molecule has 1 aromatic heterocycles. The summed E-state index contributed by atoms with van der Waals surface area (Å²) < 4.78 is 0.803. The van der Waals surface area contributed by atoms with Crippen LogP contribution >= 0.6 is 15.9 Å². The minimum absolute atomic E-state index is 0.0781. The summed E-state index contributed by atoms with van der Waals surface area (Å²) in [5.41, 5.74) is 2.44. The molecule has 0 saturated carbocycles. The molecule has 112 valence electrons. The number of nitrogens with one attached hydrogen (secondary N) is 1. The molecule has 0 saturated heterocycles. The third-order valence-corrected chi connectivity index (χ3v) is 3.63. The van der Waals surface area contributed by atoms with Crippen molar-refractivity contribution < 1.29 is 0 Å². The zero-order valence-corrected chi connectivity index (χ0v) is 14.8. The number of anilines is 2. The minimum atomic E-state index is 0.0781. The molecule has 0 fully saturated rings. The van der Waals surface area contributed by atoms with Crippen molar-refractivity contribution >= 4 is 27.4 Å². The van der Waals surface area contributed by atoms with Crippen LogP contribution in [0.3, 0.4) is 0 Å². The molecular formula is C17H22BrN3. The summed E-state index contributed by atoms with van der Waals surface area (Å²) >= 11 is 3.46. The average Bonchev–Trinajstić information content (AvgIpc) is 2.37. The van der Waals surface area contributed by atoms with E-state index >= 15 is 0 Å². The molecule has 0 aliphatic carbocycles. The van der Waals surface area contributed by atoms with Crippen molar-refractivity contribution in [3.8, 4) is 0 Å². The van der Waals surface area contributed by atoms with E-state index in [4.69, 9.17) is 0 Å². The first kappa shape index (κ1) is 16.0. The highest BCUT2D eigenvalue weighted by Gasteiger charge is 2.18. The number of hydrogen-bond donors (Lipinski definition) is 1. The van der Waals surface area contributed by atoms with Crippen LogP contribution in [-0.4, -0.2) is 9.97 Å². The van der Waals surface area contributed by atoms with Crippen LogP contribution in [0.25, 0.3) is 0 Å². The maximum atomic E-state index is 4.60. The van der Waals surface area contributed by atoms with Gasteiger partial charge in [0.1, 0.15) is 16.2 Å². The van der Waals surface area contributed by atoms with Gasteiger partial charge in [0.05, 0.1) is 0 Å². The van der Waals surface area contributed by atoms with Gasteiger partial charge in [-0.15, -0.1) is 0 Å². The van der Waals surface area contributed by atoms with E-state index in [2.05, 4.69) is 84.0 Å². The van der Waals surface area contributed by atoms with Gasteiger partial charge in [0, 0.05) is 17.7 Å². The Morgan fingerprint density at radius 1 is 1.10 bits per heavy atom. The molecule has 1 N–H and O–H groups in total. The van der Waals surface area contributed by atoms with Gasteiger partial charge in [-0.2, -0.15) is 0 Å². The number of halogens is 1. The maximum absolute atomic E-state index is 4.60. The summed E-state index contributed by atoms with van der Waals surface area (Å²) in [7, 11) is 0. The van der Waals surface area contributed by atoms with E-state index in [1.165, 1.54) is 5.56 Å². The van der Waals surface area contributed by atoms with Crippen molar-refractivity contribution in [1.82, 2.24) is 9.97 Å². The average molecular weight is 348 g/mol. The van der Waals surface area contributed by atoms with Crippen LogP contribution in [0.1, 0.15) is 51.9 Å². The fourth-order valence-corrected chi connectivity index (χ4v) is 2.54. The van der Waals surface area contributed by atoms with Gasteiger partial charge in [-0.25, -0.2) is 9.97 Å². The Hall–Kier alpha value is -1.42. The van der Waals surface area contributed by atoms with Crippen LogP contribution in [0.15, 0.2) is 34.9 Å². The van der Waals surface area contributed by atoms with Gasteiger partial charge >= 0.3 is 0 Å². The summed E-state index contributed by atoms with van der Waals surface area (Å²) in [6, 6.07) is 10.3. The first-order valence-corrected chi connectivity index (χ1v) is 7.97. The predicted octanol–water partition coefficient (Wildman–Crippen LogP) is 5.40. The highest BCUT2D eigenvalue weighted by Crippen LogP contribution is 2.31. The van der Waals surface area contributed by atoms with E-state index in [1.54, 1.807) is 0 Å². The Labute approximate surface area is 135 Å². The molecule has 0 unspecified atom stereocenters. The van der Waals surface area contributed by atoms with Crippen molar-refractivity contribution in [2.45, 2.75) is 46.0 Å². The van der Waals surface area contributed by atoms with E-state index in [0.29, 0.717) is 5.92 Å². The van der Waals surface area contributed by atoms with Gasteiger partial charge in [0.2, 0.25) is 0 Å². The van der Waals surface area contributed by atoms with Gasteiger partial charge in [-0.3, -0.25) is 0 Å². The van der Waals surface area contributed by atoms with Crippen molar-refractivity contribution in [3.05, 3.63) is 46.3 Å². The van der Waals surface area contributed by atoms with Gasteiger partial charge in [0.15, 0.2) is 0 Å². The maximum Gasteiger partial charge on any atom is 0.135 e. The lowest BCUT2D eigenvalue weighted by atomic mass is 9.86. The molecule has 21 heavy (non-hydrogen) atoms. The Morgan fingerprint density at radius 3 is 2.38 bits per heavy atom. The molecular weight excluding hydrogens is 326 g/mol. The highest BCUT2D eigenvalue weighted by molar-refractivity contribution is 9.10. The van der Waals surface area contributed by atoms with Crippen molar-refractivity contribution in [3.63, 3.8) is 0 Å². The fraction of sp³-hybridized carbons (Fsp3) is 0.412. The zero-order valence-electron chi connectivity index (χ0n) is 13.2. The normalized spacial score (nSPS) is 11.8. The Balaban J connectivity index is 2.39. The lowest BCUT2D eigenvalue weighted by Gasteiger charge is -2.23. The first-order chi connectivity index (χ1) is 9.77. The summed E-state index contributed by atoms with van der Waals surface area (Å²) in [5.74, 6) is 1.94. The van der Waals surface area contributed by atoms with Crippen LogP contribution in [0.2, 0.25) is 0 Å². The molecule has 0 amide bonds. The highest BCUT2D eigenvalue weighted by atomic mass is 79.9. The van der Waals surface area contributed by atoms with Crippen molar-refractivity contribution in [2.24, 2.45) is 0 Å². The SMILES string of the molecule is CC(C)c1nc(Br)cc(Nc2ccccc2C(C)(C)C)n1. The molecule has 0 spiro atoms. The van der Waals surface area contributed by atoms with Gasteiger partial charge < -0.3 is 5.32 Å². The number of para-hydroxylation sites is 1. The molecule has 2 aromatic rings. The van der Waals surface area contributed by atoms with E-state index < -0.39 is 0 Å². The molecule has 0 bridgehead atoms. The predicted molar refractivity (Wildman–Crippen MR) is 92.2 cm³/mol. The molecule has 0 radical (unpaired) electrons. The minimum Gasteiger partial charge on any atom is -0.340 e. The van der Waals surface area contributed by atoms with Gasteiger partial charge in [0.25, 0.3) is 0 Å². The Morgan fingerprint density at radius 2 is 1.76 bits per heavy atom. The number of aromatic nitrogens is 2. The Bertz CT molecular complexity index is 630. The quantitative estimate of drug-likeness (QED) is 0.755. The monoisotopic (exact) mass is 347 g/mol. The zero-order chi connectivity index (χ0) is 15.6. The summed E-state index contributed by atoms with van der Waals surface area (Å²) in [5, 5.41) is 3.43. The van der Waals surface area contributed by atoms with Crippen LogP contribution in [0.5, 0.6) is 0 Å². The van der Waals surface area contributed by atoms with E-state index in [-0.39, 0.29) is 5.41 Å². The fourth-order valence-electron chi connectivity index (χ4n) is 2.14. The molecule has 0 atom stereocenters. The van der Waals surface area contributed by atoms with E-state index in [1.807, 2.05) is 12.1 Å². The number of rotatable bonds is 3. The van der Waals surface area contributed by atoms with Gasteiger partial charge in [-0.1, -0.05) is 52.8 Å². The lowest BCUT2D eigenvalue weighted by Crippen LogP contribution is -2.14. The summed E-state index contributed by atoms with van der Waals surface area (Å²) in [6.45, 7) is 10.8. The second-order valence-electron chi connectivity index (χ2n) is 6.51. The molecule has 1 aromatic carbocycles. The smallest absolute Gasteiger partial charge is 0.135 e. The topological polar surface area (TPSA) is 37.8 Å². The Kier molecular flexibility index (Phi) is 4.67. The second kappa shape index (κ2) is 6.14. The lowest BCUT2D eigenvalue weighted by molar-refractivity contribution is 0.592. The number of benzene rings is 1. The second-order valence-corrected chi connectivity index (χ2v) is 7.32. The van der Waals surface area contributed by atoms with Crippen LogP contribution in [0, 0.1) is 0 Å². The molecule has 4 heteroatoms. The van der Waals surface area contributed by atoms with E-state index in [9.17, 15) is 0 Å². The molecule has 2 rings (SSSR count). The van der Waals surface area contributed by atoms with Crippen LogP contribution in [-0.2, 0) is 5.41 Å².